The average Bonchev–Trinajstić information content (AvgIpc) is 3.20. The number of aromatic nitrogens is 1. The fraction of sp³-hybridized carbons (Fsp3) is 0.364. The van der Waals surface area contributed by atoms with E-state index < -0.39 is 0 Å². The van der Waals surface area contributed by atoms with Gasteiger partial charge in [-0.1, -0.05) is 37.3 Å². The number of thiazole rings is 1. The van der Waals surface area contributed by atoms with E-state index in [1.807, 2.05) is 30.3 Å². The molecule has 1 aromatic heterocycles. The lowest BCUT2D eigenvalue weighted by Gasteiger charge is -2.25. The summed E-state index contributed by atoms with van der Waals surface area (Å²) in [5.74, 6) is 1.23. The number of nitrogens with zero attached hydrogens (tertiary/aromatic N) is 3. The van der Waals surface area contributed by atoms with Crippen molar-refractivity contribution in [2.24, 2.45) is 0 Å². The highest BCUT2D eigenvalue weighted by Gasteiger charge is 2.23. The fourth-order valence-corrected chi connectivity index (χ4v) is 4.36. The van der Waals surface area contributed by atoms with Crippen molar-refractivity contribution in [1.82, 2.24) is 9.88 Å². The Morgan fingerprint density at radius 1 is 1.03 bits per heavy atom. The standard InChI is InChI=1S/C22H25N3O3S/c1-3-24(4-2)11-12-25(22-23-17-7-5-6-8-20(17)29-22)21(26)16-9-10-18-19(15-16)28-14-13-27-18/h5-10,15H,3-4,11-14H2,1-2H3. The molecule has 1 aliphatic rings. The van der Waals surface area contributed by atoms with Gasteiger partial charge in [0.15, 0.2) is 16.6 Å². The Morgan fingerprint density at radius 2 is 1.79 bits per heavy atom. The van der Waals surface area contributed by atoms with Gasteiger partial charge in [-0.25, -0.2) is 4.98 Å². The van der Waals surface area contributed by atoms with E-state index in [0.717, 1.165) is 35.0 Å². The molecule has 0 spiro atoms. The molecule has 1 amide bonds. The molecule has 4 rings (SSSR count). The van der Waals surface area contributed by atoms with Gasteiger partial charge in [-0.05, 0) is 43.4 Å². The Kier molecular flexibility index (Phi) is 5.97. The predicted octanol–water partition coefficient (Wildman–Crippen LogP) is 4.06. The van der Waals surface area contributed by atoms with Crippen LogP contribution >= 0.6 is 11.3 Å². The molecule has 7 heteroatoms. The van der Waals surface area contributed by atoms with Crippen LogP contribution in [0.2, 0.25) is 0 Å². The first kappa shape index (κ1) is 19.7. The minimum atomic E-state index is -0.0758. The van der Waals surface area contributed by atoms with Crippen LogP contribution in [0.5, 0.6) is 11.5 Å². The first-order valence-corrected chi connectivity index (χ1v) is 10.8. The molecule has 152 valence electrons. The van der Waals surface area contributed by atoms with Gasteiger partial charge in [0.25, 0.3) is 5.91 Å². The van der Waals surface area contributed by atoms with Crippen LogP contribution in [0.1, 0.15) is 24.2 Å². The molecule has 0 saturated carbocycles. The first-order chi connectivity index (χ1) is 14.2. The highest BCUT2D eigenvalue weighted by atomic mass is 32.1. The number of hydrogen-bond donors (Lipinski definition) is 0. The average molecular weight is 412 g/mol. The van der Waals surface area contributed by atoms with Crippen molar-refractivity contribution in [3.63, 3.8) is 0 Å². The zero-order valence-electron chi connectivity index (χ0n) is 16.8. The molecule has 2 heterocycles. The molecule has 0 bridgehead atoms. The maximum Gasteiger partial charge on any atom is 0.260 e. The van der Waals surface area contributed by atoms with Crippen molar-refractivity contribution >= 4 is 32.6 Å². The highest BCUT2D eigenvalue weighted by Crippen LogP contribution is 2.33. The van der Waals surface area contributed by atoms with E-state index >= 15 is 0 Å². The van der Waals surface area contributed by atoms with E-state index in [1.165, 1.54) is 0 Å². The SMILES string of the molecule is CCN(CC)CCN(C(=O)c1ccc2c(c1)OCCO2)c1nc2ccccc2s1. The molecular formula is C22H25N3O3S. The summed E-state index contributed by atoms with van der Waals surface area (Å²) in [6.07, 6.45) is 0. The number of carbonyl (C=O) groups excluding carboxylic acids is 1. The maximum atomic E-state index is 13.5. The summed E-state index contributed by atoms with van der Waals surface area (Å²) in [4.78, 5) is 22.3. The van der Waals surface area contributed by atoms with Gasteiger partial charge in [-0.2, -0.15) is 0 Å². The molecule has 29 heavy (non-hydrogen) atoms. The Bertz CT molecular complexity index is 967. The number of benzene rings is 2. The van der Waals surface area contributed by atoms with Gasteiger partial charge in [0.05, 0.1) is 10.2 Å². The topological polar surface area (TPSA) is 54.9 Å². The number of rotatable bonds is 7. The summed E-state index contributed by atoms with van der Waals surface area (Å²) in [5, 5.41) is 0.721. The van der Waals surface area contributed by atoms with Crippen LogP contribution in [0.3, 0.4) is 0 Å². The number of ether oxygens (including phenoxy) is 2. The molecule has 0 aliphatic carbocycles. The smallest absolute Gasteiger partial charge is 0.260 e. The molecule has 0 saturated heterocycles. The third-order valence-corrected chi connectivity index (χ3v) is 6.14. The van der Waals surface area contributed by atoms with Gasteiger partial charge < -0.3 is 14.4 Å². The number of para-hydroxylation sites is 1. The number of hydrogen-bond acceptors (Lipinski definition) is 6. The number of likely N-dealkylation sites (N-methyl/N-ethyl adjacent to an activating group) is 1. The van der Waals surface area contributed by atoms with Gasteiger partial charge in [-0.3, -0.25) is 9.69 Å². The monoisotopic (exact) mass is 411 g/mol. The number of fused-ring (bicyclic) bond motifs is 2. The molecule has 2 aromatic carbocycles. The summed E-state index contributed by atoms with van der Waals surface area (Å²) in [6.45, 7) is 8.55. The van der Waals surface area contributed by atoms with Gasteiger partial charge in [0, 0.05) is 18.7 Å². The second-order valence-electron chi connectivity index (χ2n) is 6.81. The minimum Gasteiger partial charge on any atom is -0.486 e. The van der Waals surface area contributed by atoms with E-state index in [4.69, 9.17) is 14.5 Å². The normalized spacial score (nSPS) is 13.1. The molecule has 0 radical (unpaired) electrons. The lowest BCUT2D eigenvalue weighted by molar-refractivity contribution is 0.0982. The van der Waals surface area contributed by atoms with Crippen LogP contribution in [0.25, 0.3) is 10.2 Å². The quantitative estimate of drug-likeness (QED) is 0.587. The molecule has 0 N–H and O–H groups in total. The molecule has 0 fully saturated rings. The Morgan fingerprint density at radius 3 is 2.55 bits per heavy atom. The highest BCUT2D eigenvalue weighted by molar-refractivity contribution is 7.22. The Labute approximate surface area is 174 Å². The van der Waals surface area contributed by atoms with Gasteiger partial charge in [-0.15, -0.1) is 0 Å². The summed E-state index contributed by atoms with van der Waals surface area (Å²) >= 11 is 1.54. The van der Waals surface area contributed by atoms with Gasteiger partial charge in [0.1, 0.15) is 13.2 Å². The summed E-state index contributed by atoms with van der Waals surface area (Å²) in [7, 11) is 0. The van der Waals surface area contributed by atoms with Gasteiger partial charge >= 0.3 is 0 Å². The fourth-order valence-electron chi connectivity index (χ4n) is 3.37. The second-order valence-corrected chi connectivity index (χ2v) is 7.82. The number of amides is 1. The predicted molar refractivity (Wildman–Crippen MR) is 117 cm³/mol. The molecule has 3 aromatic rings. The van der Waals surface area contributed by atoms with E-state index in [2.05, 4.69) is 18.7 Å². The number of carbonyl (C=O) groups is 1. The summed E-state index contributed by atoms with van der Waals surface area (Å²) < 4.78 is 12.3. The van der Waals surface area contributed by atoms with Crippen LogP contribution in [-0.2, 0) is 0 Å². The van der Waals surface area contributed by atoms with Crippen molar-refractivity contribution in [2.45, 2.75) is 13.8 Å². The zero-order chi connectivity index (χ0) is 20.2. The summed E-state index contributed by atoms with van der Waals surface area (Å²) in [5.41, 5.74) is 1.49. The Balaban J connectivity index is 1.66. The molecule has 0 unspecified atom stereocenters. The van der Waals surface area contributed by atoms with Crippen molar-refractivity contribution in [1.29, 1.82) is 0 Å². The van der Waals surface area contributed by atoms with Gasteiger partial charge in [0.2, 0.25) is 0 Å². The molecule has 0 atom stereocenters. The third-order valence-electron chi connectivity index (χ3n) is 5.08. The zero-order valence-corrected chi connectivity index (χ0v) is 17.6. The largest absolute Gasteiger partial charge is 0.486 e. The van der Waals surface area contributed by atoms with E-state index in [9.17, 15) is 4.79 Å². The molecule has 1 aliphatic heterocycles. The molecule has 6 nitrogen and oxygen atoms in total. The summed E-state index contributed by atoms with van der Waals surface area (Å²) in [6, 6.07) is 13.4. The number of anilines is 1. The Hall–Kier alpha value is -2.64. The second kappa shape index (κ2) is 8.80. The molecular weight excluding hydrogens is 386 g/mol. The van der Waals surface area contributed by atoms with Crippen LogP contribution < -0.4 is 14.4 Å². The van der Waals surface area contributed by atoms with Crippen LogP contribution in [0.15, 0.2) is 42.5 Å². The van der Waals surface area contributed by atoms with Crippen molar-refractivity contribution in [3.05, 3.63) is 48.0 Å². The van der Waals surface area contributed by atoms with Crippen LogP contribution in [0.4, 0.5) is 5.13 Å². The third kappa shape index (κ3) is 4.21. The minimum absolute atomic E-state index is 0.0758. The van der Waals surface area contributed by atoms with E-state index in [0.29, 0.717) is 36.8 Å². The van der Waals surface area contributed by atoms with Crippen LogP contribution in [-0.4, -0.2) is 55.2 Å². The lowest BCUT2D eigenvalue weighted by atomic mass is 10.1. The van der Waals surface area contributed by atoms with Crippen molar-refractivity contribution < 1.29 is 14.3 Å². The van der Waals surface area contributed by atoms with Crippen LogP contribution in [0, 0.1) is 0 Å². The first-order valence-electron chi connectivity index (χ1n) is 9.99. The lowest BCUT2D eigenvalue weighted by Crippen LogP contribution is -2.38. The van der Waals surface area contributed by atoms with E-state index in [-0.39, 0.29) is 5.91 Å². The van der Waals surface area contributed by atoms with E-state index in [1.54, 1.807) is 28.4 Å². The van der Waals surface area contributed by atoms with Crippen molar-refractivity contribution in [3.8, 4) is 11.5 Å². The maximum absolute atomic E-state index is 13.5. The van der Waals surface area contributed by atoms with Crippen molar-refractivity contribution in [2.75, 3.05) is 44.3 Å².